The lowest BCUT2D eigenvalue weighted by Gasteiger charge is -2.17. The van der Waals surface area contributed by atoms with Crippen LogP contribution in [0.15, 0.2) is 36.4 Å². The number of methoxy groups -OCH3 is 1. The maximum Gasteiger partial charge on any atom is 0.416 e. The van der Waals surface area contributed by atoms with Gasteiger partial charge in [0.1, 0.15) is 5.75 Å². The van der Waals surface area contributed by atoms with Crippen molar-refractivity contribution >= 4 is 21.8 Å². The van der Waals surface area contributed by atoms with Crippen LogP contribution in [0, 0.1) is 0 Å². The number of carbonyl (C=O) groups is 2. The summed E-state index contributed by atoms with van der Waals surface area (Å²) >= 11 is 0. The molecule has 0 radical (unpaired) electrons. The molecule has 2 rings (SSSR count). The van der Waals surface area contributed by atoms with E-state index in [0.29, 0.717) is 22.4 Å². The highest BCUT2D eigenvalue weighted by molar-refractivity contribution is 7.89. The van der Waals surface area contributed by atoms with Gasteiger partial charge in [0.2, 0.25) is 21.8 Å². The molecular formula is C20H21F3N2O5S. The monoisotopic (exact) mass is 458 g/mol. The molecule has 2 aromatic rings. The Morgan fingerprint density at radius 3 is 2.29 bits per heavy atom. The first-order chi connectivity index (χ1) is 14.3. The molecule has 0 saturated heterocycles. The minimum atomic E-state index is -4.57. The van der Waals surface area contributed by atoms with Gasteiger partial charge in [0.05, 0.1) is 25.3 Å². The third kappa shape index (κ3) is 6.99. The molecule has 0 unspecified atom stereocenters. The Hall–Kier alpha value is -3.08. The van der Waals surface area contributed by atoms with E-state index >= 15 is 0 Å². The summed E-state index contributed by atoms with van der Waals surface area (Å²) in [5, 5.41) is 2.48. The van der Waals surface area contributed by atoms with Crippen molar-refractivity contribution in [1.82, 2.24) is 10.0 Å². The lowest BCUT2D eigenvalue weighted by atomic mass is 9.94. The predicted octanol–water partition coefficient (Wildman–Crippen LogP) is 2.64. The summed E-state index contributed by atoms with van der Waals surface area (Å²) in [7, 11) is -2.35. The first-order valence-electron chi connectivity index (χ1n) is 8.92. The van der Waals surface area contributed by atoms with Crippen LogP contribution in [-0.2, 0) is 38.8 Å². The molecule has 2 N–H and O–H groups in total. The lowest BCUT2D eigenvalue weighted by molar-refractivity contribution is -0.137. The number of nitrogens with one attached hydrogen (secondary N) is 2. The Morgan fingerprint density at radius 1 is 1.06 bits per heavy atom. The molecular weight excluding hydrogens is 437 g/mol. The largest absolute Gasteiger partial charge is 0.496 e. The van der Waals surface area contributed by atoms with Crippen LogP contribution in [0.25, 0.3) is 11.1 Å². The molecule has 2 amide bonds. The molecule has 0 bridgehead atoms. The van der Waals surface area contributed by atoms with Crippen molar-refractivity contribution in [3.63, 3.8) is 0 Å². The summed E-state index contributed by atoms with van der Waals surface area (Å²) in [4.78, 5) is 23.2. The Kier molecular flexibility index (Phi) is 7.32. The normalized spacial score (nSPS) is 11.7. The summed E-state index contributed by atoms with van der Waals surface area (Å²) in [5.74, 6) is -0.845. The van der Waals surface area contributed by atoms with E-state index in [1.807, 2.05) is 4.72 Å². The van der Waals surface area contributed by atoms with E-state index in [9.17, 15) is 31.2 Å². The average Bonchev–Trinajstić information content (AvgIpc) is 2.63. The van der Waals surface area contributed by atoms with Crippen molar-refractivity contribution in [2.45, 2.75) is 26.1 Å². The second-order valence-corrected chi connectivity index (χ2v) is 8.54. The standard InChI is InChI=1S/C20H21F3N2O5S/c1-12(26)24-11-14-10-15(20(21,22)23)5-6-16(14)17-8-13(4-7-18(17)30-2)9-19(27)25-31(3,28)29/h4-8,10H,9,11H2,1-3H3,(H,24,26)(H,25,27). The van der Waals surface area contributed by atoms with Gasteiger partial charge in [-0.25, -0.2) is 8.42 Å². The van der Waals surface area contributed by atoms with Gasteiger partial charge in [-0.15, -0.1) is 0 Å². The fraction of sp³-hybridized carbons (Fsp3) is 0.300. The topological polar surface area (TPSA) is 102 Å². The summed E-state index contributed by atoms with van der Waals surface area (Å²) in [5.41, 5.74) is 0.493. The van der Waals surface area contributed by atoms with E-state index in [2.05, 4.69) is 5.32 Å². The van der Waals surface area contributed by atoms with Crippen LogP contribution in [0.1, 0.15) is 23.6 Å². The van der Waals surface area contributed by atoms with Crippen LogP contribution in [0.3, 0.4) is 0 Å². The van der Waals surface area contributed by atoms with E-state index in [-0.39, 0.29) is 18.5 Å². The van der Waals surface area contributed by atoms with E-state index in [1.165, 1.54) is 32.2 Å². The van der Waals surface area contributed by atoms with Gasteiger partial charge < -0.3 is 10.1 Å². The van der Waals surface area contributed by atoms with Crippen LogP contribution in [0.2, 0.25) is 0 Å². The number of carbonyl (C=O) groups excluding carboxylic acids is 2. The fourth-order valence-electron chi connectivity index (χ4n) is 2.90. The molecule has 0 fully saturated rings. The van der Waals surface area contributed by atoms with Crippen molar-refractivity contribution in [2.24, 2.45) is 0 Å². The zero-order valence-corrected chi connectivity index (χ0v) is 17.8. The molecule has 0 aromatic heterocycles. The zero-order chi connectivity index (χ0) is 23.4. The third-order valence-corrected chi connectivity index (χ3v) is 4.78. The molecule has 31 heavy (non-hydrogen) atoms. The second kappa shape index (κ2) is 9.38. The van der Waals surface area contributed by atoms with Crippen LogP contribution in [0.5, 0.6) is 5.75 Å². The van der Waals surface area contributed by atoms with Crippen molar-refractivity contribution in [1.29, 1.82) is 0 Å². The Morgan fingerprint density at radius 2 is 1.74 bits per heavy atom. The maximum absolute atomic E-state index is 13.2. The van der Waals surface area contributed by atoms with Gasteiger partial charge in [-0.1, -0.05) is 12.1 Å². The van der Waals surface area contributed by atoms with Gasteiger partial charge >= 0.3 is 6.18 Å². The smallest absolute Gasteiger partial charge is 0.416 e. The molecule has 11 heteroatoms. The number of alkyl halides is 3. The molecule has 2 aromatic carbocycles. The second-order valence-electron chi connectivity index (χ2n) is 6.79. The minimum Gasteiger partial charge on any atom is -0.496 e. The Labute approximate surface area is 177 Å². The molecule has 168 valence electrons. The van der Waals surface area contributed by atoms with E-state index in [0.717, 1.165) is 18.4 Å². The van der Waals surface area contributed by atoms with Gasteiger partial charge in [-0.05, 0) is 41.0 Å². The Balaban J connectivity index is 2.54. The highest BCUT2D eigenvalue weighted by Crippen LogP contribution is 2.37. The number of sulfonamides is 1. The number of halogens is 3. The molecule has 0 aliphatic carbocycles. The van der Waals surface area contributed by atoms with E-state index < -0.39 is 33.6 Å². The van der Waals surface area contributed by atoms with Crippen molar-refractivity contribution in [3.05, 3.63) is 53.1 Å². The first kappa shape index (κ1) is 24.2. The number of ether oxygens (including phenoxy) is 1. The average molecular weight is 458 g/mol. The minimum absolute atomic E-state index is 0.156. The molecule has 0 saturated carbocycles. The summed E-state index contributed by atoms with van der Waals surface area (Å²) in [6.07, 6.45) is -3.99. The van der Waals surface area contributed by atoms with Crippen LogP contribution in [-0.4, -0.2) is 33.6 Å². The first-order valence-corrected chi connectivity index (χ1v) is 10.8. The van der Waals surface area contributed by atoms with Crippen molar-refractivity contribution < 1.29 is 35.9 Å². The van der Waals surface area contributed by atoms with Crippen LogP contribution >= 0.6 is 0 Å². The highest BCUT2D eigenvalue weighted by Gasteiger charge is 2.31. The fourth-order valence-corrected chi connectivity index (χ4v) is 3.39. The van der Waals surface area contributed by atoms with Gasteiger partial charge in [-0.2, -0.15) is 13.2 Å². The number of rotatable bonds is 7. The molecule has 7 nitrogen and oxygen atoms in total. The molecule has 0 heterocycles. The predicted molar refractivity (Wildman–Crippen MR) is 108 cm³/mol. The SMILES string of the molecule is COc1ccc(CC(=O)NS(C)(=O)=O)cc1-c1ccc(C(F)(F)F)cc1CNC(C)=O. The van der Waals surface area contributed by atoms with Crippen molar-refractivity contribution in [3.8, 4) is 16.9 Å². The van der Waals surface area contributed by atoms with E-state index in [1.54, 1.807) is 6.07 Å². The van der Waals surface area contributed by atoms with E-state index in [4.69, 9.17) is 4.74 Å². The molecule has 0 aliphatic rings. The number of amides is 2. The quantitative estimate of drug-likeness (QED) is 0.664. The van der Waals surface area contributed by atoms with Crippen molar-refractivity contribution in [2.75, 3.05) is 13.4 Å². The van der Waals surface area contributed by atoms with Crippen LogP contribution < -0.4 is 14.8 Å². The molecule has 0 atom stereocenters. The van der Waals surface area contributed by atoms with Gasteiger partial charge in [0, 0.05) is 19.0 Å². The third-order valence-electron chi connectivity index (χ3n) is 4.18. The summed E-state index contributed by atoms with van der Waals surface area (Å²) in [6, 6.07) is 7.71. The zero-order valence-electron chi connectivity index (χ0n) is 17.0. The van der Waals surface area contributed by atoms with Gasteiger partial charge in [0.15, 0.2) is 0 Å². The highest BCUT2D eigenvalue weighted by atomic mass is 32.2. The van der Waals surface area contributed by atoms with Gasteiger partial charge in [0.25, 0.3) is 0 Å². The lowest BCUT2D eigenvalue weighted by Crippen LogP contribution is -2.30. The van der Waals surface area contributed by atoms with Crippen LogP contribution in [0.4, 0.5) is 13.2 Å². The number of hydrogen-bond acceptors (Lipinski definition) is 5. The molecule has 0 spiro atoms. The maximum atomic E-state index is 13.2. The Bertz CT molecular complexity index is 1100. The number of benzene rings is 2. The summed E-state index contributed by atoms with van der Waals surface area (Å²) < 4.78 is 69.2. The molecule has 0 aliphatic heterocycles. The summed E-state index contributed by atoms with van der Waals surface area (Å²) in [6.45, 7) is 1.09. The number of hydrogen-bond donors (Lipinski definition) is 2. The van der Waals surface area contributed by atoms with Gasteiger partial charge in [-0.3, -0.25) is 14.3 Å².